The molecule has 0 atom stereocenters. The summed E-state index contributed by atoms with van der Waals surface area (Å²) in [5.74, 6) is -0.0753. The fourth-order valence-electron chi connectivity index (χ4n) is 3.28. The summed E-state index contributed by atoms with van der Waals surface area (Å²) in [7, 11) is 0. The Balaban J connectivity index is 1.49. The number of rotatable bonds is 5. The predicted octanol–water partition coefficient (Wildman–Crippen LogP) is 3.08. The maximum atomic E-state index is 14.2. The highest BCUT2D eigenvalue weighted by atomic mass is 35.5. The SMILES string of the molecule is Cc1cc(=O)c(C(=O)NCCc2cc(Cl)c3c(c2)OCCO3)nn1-c1ccccc1F. The van der Waals surface area contributed by atoms with E-state index < -0.39 is 17.2 Å². The Morgan fingerprint density at radius 2 is 2.00 bits per heavy atom. The van der Waals surface area contributed by atoms with Gasteiger partial charge in [-0.3, -0.25) is 9.59 Å². The third-order valence-electron chi connectivity index (χ3n) is 4.76. The van der Waals surface area contributed by atoms with Crippen molar-refractivity contribution in [2.45, 2.75) is 13.3 Å². The fourth-order valence-corrected chi connectivity index (χ4v) is 3.57. The van der Waals surface area contributed by atoms with E-state index in [1.165, 1.54) is 22.9 Å². The second kappa shape index (κ2) is 8.77. The molecule has 0 spiro atoms. The summed E-state index contributed by atoms with van der Waals surface area (Å²) >= 11 is 6.23. The molecule has 7 nitrogen and oxygen atoms in total. The highest BCUT2D eigenvalue weighted by Crippen LogP contribution is 2.38. The van der Waals surface area contributed by atoms with Crippen molar-refractivity contribution in [3.05, 3.63) is 80.5 Å². The number of para-hydroxylation sites is 1. The molecular weight excluding hydrogens is 425 g/mol. The largest absolute Gasteiger partial charge is 0.486 e. The van der Waals surface area contributed by atoms with Crippen LogP contribution in [-0.4, -0.2) is 35.4 Å². The molecule has 1 aromatic heterocycles. The van der Waals surface area contributed by atoms with Crippen LogP contribution in [0.1, 0.15) is 21.7 Å². The zero-order valence-corrected chi connectivity index (χ0v) is 17.4. The molecule has 2 aromatic carbocycles. The Labute approximate surface area is 182 Å². The molecule has 160 valence electrons. The maximum Gasteiger partial charge on any atom is 0.275 e. The minimum absolute atomic E-state index is 0.153. The summed E-state index contributed by atoms with van der Waals surface area (Å²) < 4.78 is 26.4. The molecule has 0 aliphatic carbocycles. The summed E-state index contributed by atoms with van der Waals surface area (Å²) in [6.45, 7) is 2.74. The first kappa shape index (κ1) is 20.9. The molecule has 0 saturated heterocycles. The van der Waals surface area contributed by atoms with Gasteiger partial charge in [0.05, 0.1) is 5.02 Å². The fraction of sp³-hybridized carbons (Fsp3) is 0.227. The van der Waals surface area contributed by atoms with Crippen LogP contribution < -0.4 is 20.2 Å². The molecule has 3 aromatic rings. The van der Waals surface area contributed by atoms with Gasteiger partial charge < -0.3 is 14.8 Å². The van der Waals surface area contributed by atoms with Gasteiger partial charge in [-0.1, -0.05) is 23.7 Å². The molecule has 0 fully saturated rings. The minimum atomic E-state index is -0.640. The number of fused-ring (bicyclic) bond motifs is 1. The average molecular weight is 444 g/mol. The van der Waals surface area contributed by atoms with Crippen molar-refractivity contribution >= 4 is 17.5 Å². The average Bonchev–Trinajstić information content (AvgIpc) is 2.74. The van der Waals surface area contributed by atoms with Crippen LogP contribution in [0.2, 0.25) is 5.02 Å². The van der Waals surface area contributed by atoms with E-state index in [1.54, 1.807) is 25.1 Å². The standard InChI is InChI=1S/C22H19ClFN3O4/c1-13-10-18(28)20(26-27(13)17-5-3-2-4-16(17)24)22(29)25-7-6-14-11-15(23)21-19(12-14)30-8-9-31-21/h2-5,10-12H,6-9H2,1H3,(H,25,29). The van der Waals surface area contributed by atoms with Crippen molar-refractivity contribution in [2.75, 3.05) is 19.8 Å². The summed E-state index contributed by atoms with van der Waals surface area (Å²) in [6.07, 6.45) is 0.454. The molecule has 0 unspecified atom stereocenters. The molecular formula is C22H19ClFN3O4. The zero-order valence-electron chi connectivity index (χ0n) is 16.7. The molecule has 0 radical (unpaired) electrons. The number of aromatic nitrogens is 2. The van der Waals surface area contributed by atoms with Crippen LogP contribution in [0, 0.1) is 12.7 Å². The number of halogens is 2. The van der Waals surface area contributed by atoms with Crippen molar-refractivity contribution in [1.29, 1.82) is 0 Å². The number of hydrogen-bond acceptors (Lipinski definition) is 5. The third kappa shape index (κ3) is 4.39. The summed E-state index contributed by atoms with van der Waals surface area (Å²) in [5, 5.41) is 7.21. The van der Waals surface area contributed by atoms with Gasteiger partial charge in [0, 0.05) is 18.3 Å². The molecule has 1 aliphatic rings. The van der Waals surface area contributed by atoms with Crippen LogP contribution in [0.4, 0.5) is 4.39 Å². The van der Waals surface area contributed by atoms with Gasteiger partial charge in [0.15, 0.2) is 17.2 Å². The second-order valence-electron chi connectivity index (χ2n) is 6.97. The number of nitrogens with zero attached hydrogens (tertiary/aromatic N) is 2. The van der Waals surface area contributed by atoms with Gasteiger partial charge >= 0.3 is 0 Å². The molecule has 2 heterocycles. The topological polar surface area (TPSA) is 82.5 Å². The van der Waals surface area contributed by atoms with E-state index >= 15 is 0 Å². The number of aryl methyl sites for hydroxylation is 1. The van der Waals surface area contributed by atoms with Crippen LogP contribution >= 0.6 is 11.6 Å². The first-order chi connectivity index (χ1) is 14.9. The molecule has 1 N–H and O–H groups in total. The van der Waals surface area contributed by atoms with E-state index in [0.717, 1.165) is 5.56 Å². The van der Waals surface area contributed by atoms with Crippen LogP contribution in [-0.2, 0) is 6.42 Å². The third-order valence-corrected chi connectivity index (χ3v) is 5.04. The number of carbonyl (C=O) groups is 1. The van der Waals surface area contributed by atoms with Crippen molar-refractivity contribution in [3.8, 4) is 17.2 Å². The Morgan fingerprint density at radius 1 is 1.23 bits per heavy atom. The summed E-state index contributed by atoms with van der Waals surface area (Å²) in [4.78, 5) is 24.9. The van der Waals surface area contributed by atoms with Gasteiger partial charge in [0.1, 0.15) is 24.7 Å². The van der Waals surface area contributed by atoms with E-state index in [4.69, 9.17) is 21.1 Å². The number of carbonyl (C=O) groups excluding carboxylic acids is 1. The van der Waals surface area contributed by atoms with Crippen molar-refractivity contribution in [1.82, 2.24) is 15.1 Å². The Bertz CT molecular complexity index is 1210. The quantitative estimate of drug-likeness (QED) is 0.655. The van der Waals surface area contributed by atoms with E-state index in [-0.39, 0.29) is 17.9 Å². The van der Waals surface area contributed by atoms with Gasteiger partial charge in [-0.25, -0.2) is 9.07 Å². The smallest absolute Gasteiger partial charge is 0.275 e. The van der Waals surface area contributed by atoms with Crippen LogP contribution in [0.25, 0.3) is 5.69 Å². The van der Waals surface area contributed by atoms with Gasteiger partial charge in [0.25, 0.3) is 5.91 Å². The van der Waals surface area contributed by atoms with E-state index in [0.29, 0.717) is 41.9 Å². The Hall–Kier alpha value is -3.39. The van der Waals surface area contributed by atoms with Crippen LogP contribution in [0.3, 0.4) is 0 Å². The van der Waals surface area contributed by atoms with E-state index in [9.17, 15) is 14.0 Å². The molecule has 31 heavy (non-hydrogen) atoms. The molecule has 1 aliphatic heterocycles. The van der Waals surface area contributed by atoms with Gasteiger partial charge in [-0.2, -0.15) is 5.10 Å². The summed E-state index contributed by atoms with van der Waals surface area (Å²) in [5.41, 5.74) is 0.562. The Kier molecular flexibility index (Phi) is 5.90. The molecule has 9 heteroatoms. The van der Waals surface area contributed by atoms with E-state index in [2.05, 4.69) is 10.4 Å². The monoisotopic (exact) mass is 443 g/mol. The number of nitrogens with one attached hydrogen (secondary N) is 1. The maximum absolute atomic E-state index is 14.2. The molecule has 4 rings (SSSR count). The number of ether oxygens (including phenoxy) is 2. The number of hydrogen-bond donors (Lipinski definition) is 1. The lowest BCUT2D eigenvalue weighted by atomic mass is 10.1. The normalized spacial score (nSPS) is 12.5. The van der Waals surface area contributed by atoms with Crippen molar-refractivity contribution in [2.24, 2.45) is 0 Å². The van der Waals surface area contributed by atoms with Gasteiger partial charge in [0.2, 0.25) is 5.43 Å². The van der Waals surface area contributed by atoms with Crippen molar-refractivity contribution < 1.29 is 18.7 Å². The Morgan fingerprint density at radius 3 is 2.81 bits per heavy atom. The van der Waals surface area contributed by atoms with Crippen molar-refractivity contribution in [3.63, 3.8) is 0 Å². The lowest BCUT2D eigenvalue weighted by molar-refractivity contribution is 0.0946. The van der Waals surface area contributed by atoms with Crippen LogP contribution in [0.5, 0.6) is 11.5 Å². The first-order valence-electron chi connectivity index (χ1n) is 9.66. The highest BCUT2D eigenvalue weighted by molar-refractivity contribution is 6.32. The lowest BCUT2D eigenvalue weighted by Crippen LogP contribution is -2.33. The molecule has 0 saturated carbocycles. The minimum Gasteiger partial charge on any atom is -0.486 e. The number of amides is 1. The molecule has 0 bridgehead atoms. The van der Waals surface area contributed by atoms with Gasteiger partial charge in [-0.15, -0.1) is 0 Å². The molecule has 1 amide bonds. The first-order valence-corrected chi connectivity index (χ1v) is 10.0. The predicted molar refractivity (Wildman–Crippen MR) is 113 cm³/mol. The summed E-state index contributed by atoms with van der Waals surface area (Å²) in [6, 6.07) is 10.8. The number of benzene rings is 2. The van der Waals surface area contributed by atoms with Gasteiger partial charge in [-0.05, 0) is 43.2 Å². The lowest BCUT2D eigenvalue weighted by Gasteiger charge is -2.20. The van der Waals surface area contributed by atoms with E-state index in [1.807, 2.05) is 6.07 Å². The second-order valence-corrected chi connectivity index (χ2v) is 7.38. The zero-order chi connectivity index (χ0) is 22.0. The highest BCUT2D eigenvalue weighted by Gasteiger charge is 2.18. The van der Waals surface area contributed by atoms with Crippen LogP contribution in [0.15, 0.2) is 47.3 Å².